The van der Waals surface area contributed by atoms with Crippen molar-refractivity contribution < 1.29 is 9.18 Å². The minimum absolute atomic E-state index is 0.0517. The van der Waals surface area contributed by atoms with E-state index in [0.717, 1.165) is 17.0 Å². The fourth-order valence-corrected chi connectivity index (χ4v) is 2.72. The number of amides is 1. The van der Waals surface area contributed by atoms with Crippen LogP contribution in [0, 0.1) is 12.7 Å². The van der Waals surface area contributed by atoms with Crippen molar-refractivity contribution >= 4 is 22.4 Å². The molecule has 7 heteroatoms. The molecule has 0 bridgehead atoms. The Morgan fingerprint density at radius 3 is 2.85 bits per heavy atom. The molecule has 1 aromatic carbocycles. The van der Waals surface area contributed by atoms with Crippen LogP contribution >= 0.6 is 11.3 Å². The van der Waals surface area contributed by atoms with Crippen LogP contribution in [0.15, 0.2) is 18.2 Å². The van der Waals surface area contributed by atoms with Gasteiger partial charge in [0, 0.05) is 17.5 Å². The number of hydrogen-bond acceptors (Lipinski definition) is 5. The third-order valence-electron chi connectivity index (χ3n) is 3.25. The predicted octanol–water partition coefficient (Wildman–Crippen LogP) is 2.05. The summed E-state index contributed by atoms with van der Waals surface area (Å²) in [6.45, 7) is 1.80. The SMILES string of the molecule is Cc1nnc(NC(=O)c2cc(F)ccc2[C@@H]2C[C@H]2N)s1. The van der Waals surface area contributed by atoms with Gasteiger partial charge in [-0.05, 0) is 31.0 Å². The topological polar surface area (TPSA) is 80.9 Å². The van der Waals surface area contributed by atoms with Crippen LogP contribution in [0.3, 0.4) is 0 Å². The van der Waals surface area contributed by atoms with Crippen LogP contribution in [-0.4, -0.2) is 22.1 Å². The number of benzene rings is 1. The highest BCUT2D eigenvalue weighted by molar-refractivity contribution is 7.15. The van der Waals surface area contributed by atoms with E-state index in [1.807, 2.05) is 0 Å². The Morgan fingerprint density at radius 1 is 1.50 bits per heavy atom. The molecular weight excluding hydrogens is 279 g/mol. The molecule has 0 radical (unpaired) electrons. The van der Waals surface area contributed by atoms with Crippen molar-refractivity contribution in [3.05, 3.63) is 40.2 Å². The third-order valence-corrected chi connectivity index (χ3v) is 4.00. The van der Waals surface area contributed by atoms with Crippen molar-refractivity contribution in [1.82, 2.24) is 10.2 Å². The lowest BCUT2D eigenvalue weighted by molar-refractivity contribution is 0.102. The predicted molar refractivity (Wildman–Crippen MR) is 74.3 cm³/mol. The van der Waals surface area contributed by atoms with E-state index in [2.05, 4.69) is 15.5 Å². The quantitative estimate of drug-likeness (QED) is 0.907. The van der Waals surface area contributed by atoms with Gasteiger partial charge in [-0.3, -0.25) is 10.1 Å². The molecule has 3 rings (SSSR count). The molecule has 5 nitrogen and oxygen atoms in total. The molecule has 1 heterocycles. The number of nitrogens with one attached hydrogen (secondary N) is 1. The van der Waals surface area contributed by atoms with E-state index >= 15 is 0 Å². The van der Waals surface area contributed by atoms with E-state index in [4.69, 9.17) is 5.73 Å². The number of anilines is 1. The molecule has 1 aliphatic rings. The van der Waals surface area contributed by atoms with Gasteiger partial charge in [0.25, 0.3) is 5.91 Å². The number of aryl methyl sites for hydroxylation is 1. The fourth-order valence-electron chi connectivity index (χ4n) is 2.13. The minimum atomic E-state index is -0.443. The van der Waals surface area contributed by atoms with Gasteiger partial charge in [0.05, 0.1) is 0 Å². The number of nitrogens with zero attached hydrogens (tertiary/aromatic N) is 2. The molecule has 3 N–H and O–H groups in total. The molecule has 20 heavy (non-hydrogen) atoms. The van der Waals surface area contributed by atoms with E-state index in [9.17, 15) is 9.18 Å². The molecule has 1 aliphatic carbocycles. The number of carbonyl (C=O) groups is 1. The smallest absolute Gasteiger partial charge is 0.257 e. The summed E-state index contributed by atoms with van der Waals surface area (Å²) < 4.78 is 13.4. The van der Waals surface area contributed by atoms with E-state index in [-0.39, 0.29) is 17.9 Å². The van der Waals surface area contributed by atoms with Crippen LogP contribution in [-0.2, 0) is 0 Å². The average molecular weight is 292 g/mol. The maximum absolute atomic E-state index is 13.4. The number of rotatable bonds is 3. The van der Waals surface area contributed by atoms with Gasteiger partial charge < -0.3 is 5.73 Å². The Morgan fingerprint density at radius 2 is 2.25 bits per heavy atom. The summed E-state index contributed by atoms with van der Waals surface area (Å²) in [4.78, 5) is 12.3. The van der Waals surface area contributed by atoms with Gasteiger partial charge in [0.1, 0.15) is 10.8 Å². The second-order valence-corrected chi connectivity index (χ2v) is 6.00. The zero-order chi connectivity index (χ0) is 14.3. The van der Waals surface area contributed by atoms with Gasteiger partial charge in [-0.25, -0.2) is 4.39 Å². The van der Waals surface area contributed by atoms with Crippen molar-refractivity contribution in [2.75, 3.05) is 5.32 Å². The molecule has 104 valence electrons. The molecule has 1 aromatic heterocycles. The lowest BCUT2D eigenvalue weighted by Crippen LogP contribution is -2.15. The summed E-state index contributed by atoms with van der Waals surface area (Å²) in [5.74, 6) is -0.691. The summed E-state index contributed by atoms with van der Waals surface area (Å²) >= 11 is 1.27. The minimum Gasteiger partial charge on any atom is -0.327 e. The lowest BCUT2D eigenvalue weighted by atomic mass is 10.0. The van der Waals surface area contributed by atoms with Gasteiger partial charge in [-0.2, -0.15) is 0 Å². The average Bonchev–Trinajstić information content (AvgIpc) is 2.98. The molecular formula is C13H13FN4OS. The number of aromatic nitrogens is 2. The van der Waals surface area contributed by atoms with Crippen LogP contribution in [0.1, 0.15) is 33.3 Å². The first kappa shape index (κ1) is 13.1. The second kappa shape index (κ2) is 4.92. The molecule has 0 saturated heterocycles. The van der Waals surface area contributed by atoms with Crippen molar-refractivity contribution in [3.63, 3.8) is 0 Å². The molecule has 1 amide bonds. The number of nitrogens with two attached hydrogens (primary N) is 1. The number of halogens is 1. The Hall–Kier alpha value is -1.86. The Bertz CT molecular complexity index is 672. The highest BCUT2D eigenvalue weighted by Crippen LogP contribution is 2.40. The van der Waals surface area contributed by atoms with Crippen LogP contribution in [0.5, 0.6) is 0 Å². The first-order valence-corrected chi connectivity index (χ1v) is 7.02. The van der Waals surface area contributed by atoms with Gasteiger partial charge in [0.2, 0.25) is 5.13 Å². The molecule has 2 aromatic rings. The van der Waals surface area contributed by atoms with Gasteiger partial charge >= 0.3 is 0 Å². The summed E-state index contributed by atoms with van der Waals surface area (Å²) in [5, 5.41) is 11.5. The molecule has 0 aliphatic heterocycles. The summed E-state index contributed by atoms with van der Waals surface area (Å²) in [7, 11) is 0. The van der Waals surface area contributed by atoms with Crippen molar-refractivity contribution in [3.8, 4) is 0 Å². The zero-order valence-electron chi connectivity index (χ0n) is 10.8. The highest BCUT2D eigenvalue weighted by Gasteiger charge is 2.37. The summed E-state index contributed by atoms with van der Waals surface area (Å²) in [6.07, 6.45) is 0.823. The molecule has 1 saturated carbocycles. The molecule has 0 unspecified atom stereocenters. The first-order chi connectivity index (χ1) is 9.54. The highest BCUT2D eigenvalue weighted by atomic mass is 32.1. The maximum atomic E-state index is 13.4. The third kappa shape index (κ3) is 2.54. The largest absolute Gasteiger partial charge is 0.327 e. The molecule has 1 fully saturated rings. The summed E-state index contributed by atoms with van der Waals surface area (Å²) in [5.41, 5.74) is 6.92. The van der Waals surface area contributed by atoms with Crippen LogP contribution in [0.25, 0.3) is 0 Å². The van der Waals surface area contributed by atoms with Crippen molar-refractivity contribution in [2.45, 2.75) is 25.3 Å². The van der Waals surface area contributed by atoms with E-state index in [0.29, 0.717) is 10.7 Å². The Kier molecular flexibility index (Phi) is 3.23. The van der Waals surface area contributed by atoms with Gasteiger partial charge in [-0.15, -0.1) is 10.2 Å². The standard InChI is InChI=1S/C13H13FN4OS/c1-6-17-18-13(20-6)16-12(19)10-4-7(14)2-3-8(10)9-5-11(9)15/h2-4,9,11H,5,15H2,1H3,(H,16,18,19)/t9-,11+/m0/s1. The Balaban J connectivity index is 1.88. The van der Waals surface area contributed by atoms with Gasteiger partial charge in [-0.1, -0.05) is 17.4 Å². The van der Waals surface area contributed by atoms with E-state index in [1.54, 1.807) is 13.0 Å². The lowest BCUT2D eigenvalue weighted by Gasteiger charge is -2.08. The fraction of sp³-hybridized carbons (Fsp3) is 0.308. The normalized spacial score (nSPS) is 20.8. The van der Waals surface area contributed by atoms with E-state index in [1.165, 1.54) is 23.5 Å². The Labute approximate surface area is 119 Å². The number of carbonyl (C=O) groups excluding carboxylic acids is 1. The monoisotopic (exact) mass is 292 g/mol. The first-order valence-electron chi connectivity index (χ1n) is 6.21. The van der Waals surface area contributed by atoms with Crippen molar-refractivity contribution in [1.29, 1.82) is 0 Å². The molecule has 0 spiro atoms. The summed E-state index contributed by atoms with van der Waals surface area (Å²) in [6, 6.07) is 4.28. The van der Waals surface area contributed by atoms with Crippen LogP contribution in [0.4, 0.5) is 9.52 Å². The van der Waals surface area contributed by atoms with Crippen LogP contribution in [0.2, 0.25) is 0 Å². The van der Waals surface area contributed by atoms with Crippen molar-refractivity contribution in [2.24, 2.45) is 5.73 Å². The molecule has 2 atom stereocenters. The second-order valence-electron chi connectivity index (χ2n) is 4.82. The van der Waals surface area contributed by atoms with Gasteiger partial charge in [0.15, 0.2) is 0 Å². The zero-order valence-corrected chi connectivity index (χ0v) is 11.6. The number of hydrogen-bond donors (Lipinski definition) is 2. The maximum Gasteiger partial charge on any atom is 0.257 e. The van der Waals surface area contributed by atoms with E-state index < -0.39 is 5.82 Å². The van der Waals surface area contributed by atoms with Crippen LogP contribution < -0.4 is 11.1 Å².